The van der Waals surface area contributed by atoms with Gasteiger partial charge < -0.3 is 15.7 Å². The summed E-state index contributed by atoms with van der Waals surface area (Å²) in [4.78, 5) is 0. The third-order valence-corrected chi connectivity index (χ3v) is 4.21. The lowest BCUT2D eigenvalue weighted by Crippen LogP contribution is -2.46. The molecule has 94 valence electrons. The van der Waals surface area contributed by atoms with E-state index in [0.717, 1.165) is 38.4 Å². The van der Waals surface area contributed by atoms with Crippen LogP contribution in [0.25, 0.3) is 0 Å². The third kappa shape index (κ3) is 3.44. The molecule has 1 unspecified atom stereocenters. The molecule has 1 heterocycles. The first-order valence-electron chi connectivity index (χ1n) is 6.84. The molecule has 1 aliphatic heterocycles. The van der Waals surface area contributed by atoms with Gasteiger partial charge in [0.1, 0.15) is 0 Å². The van der Waals surface area contributed by atoms with Crippen LogP contribution in [-0.2, 0) is 0 Å². The molecule has 3 N–H and O–H groups in total. The quantitative estimate of drug-likeness (QED) is 0.676. The highest BCUT2D eigenvalue weighted by Gasteiger charge is 2.31. The SMILES string of the molecule is CC1CCC(O)(CNCC2CCCN2)CC1. The van der Waals surface area contributed by atoms with Gasteiger partial charge in [-0.1, -0.05) is 6.92 Å². The van der Waals surface area contributed by atoms with E-state index in [1.807, 2.05) is 0 Å². The minimum Gasteiger partial charge on any atom is -0.389 e. The maximum absolute atomic E-state index is 10.4. The number of rotatable bonds is 4. The molecule has 1 saturated carbocycles. The summed E-state index contributed by atoms with van der Waals surface area (Å²) in [6, 6.07) is 0.631. The van der Waals surface area contributed by atoms with E-state index in [2.05, 4.69) is 17.6 Å². The van der Waals surface area contributed by atoms with Crippen molar-refractivity contribution in [3.05, 3.63) is 0 Å². The Morgan fingerprint density at radius 3 is 2.69 bits per heavy atom. The van der Waals surface area contributed by atoms with Crippen molar-refractivity contribution in [1.82, 2.24) is 10.6 Å². The molecule has 3 heteroatoms. The van der Waals surface area contributed by atoms with Gasteiger partial charge in [-0.15, -0.1) is 0 Å². The van der Waals surface area contributed by atoms with Crippen molar-refractivity contribution < 1.29 is 5.11 Å². The molecule has 1 saturated heterocycles. The van der Waals surface area contributed by atoms with Gasteiger partial charge >= 0.3 is 0 Å². The average Bonchev–Trinajstić information content (AvgIpc) is 2.76. The van der Waals surface area contributed by atoms with Crippen molar-refractivity contribution >= 4 is 0 Å². The van der Waals surface area contributed by atoms with E-state index >= 15 is 0 Å². The summed E-state index contributed by atoms with van der Waals surface area (Å²) < 4.78 is 0. The highest BCUT2D eigenvalue weighted by molar-refractivity contribution is 4.87. The monoisotopic (exact) mass is 226 g/mol. The number of hydrogen-bond donors (Lipinski definition) is 3. The van der Waals surface area contributed by atoms with Crippen LogP contribution in [0, 0.1) is 5.92 Å². The molecule has 2 aliphatic rings. The van der Waals surface area contributed by atoms with Gasteiger partial charge in [-0.2, -0.15) is 0 Å². The normalized spacial score (nSPS) is 40.1. The summed E-state index contributed by atoms with van der Waals surface area (Å²) in [6.07, 6.45) is 6.88. The molecule has 3 nitrogen and oxygen atoms in total. The third-order valence-electron chi connectivity index (χ3n) is 4.21. The minimum absolute atomic E-state index is 0.425. The second-order valence-electron chi connectivity index (χ2n) is 5.83. The summed E-state index contributed by atoms with van der Waals surface area (Å²) in [7, 11) is 0. The van der Waals surface area contributed by atoms with Crippen LogP contribution in [0.15, 0.2) is 0 Å². The lowest BCUT2D eigenvalue weighted by Gasteiger charge is -2.35. The van der Waals surface area contributed by atoms with Crippen LogP contribution in [0.5, 0.6) is 0 Å². The molecule has 2 fully saturated rings. The van der Waals surface area contributed by atoms with E-state index in [9.17, 15) is 5.11 Å². The predicted molar refractivity (Wildman–Crippen MR) is 66.5 cm³/mol. The first kappa shape index (κ1) is 12.3. The zero-order chi connectivity index (χ0) is 11.4. The number of aliphatic hydroxyl groups is 1. The molecule has 0 spiro atoms. The highest BCUT2D eigenvalue weighted by atomic mass is 16.3. The predicted octanol–water partition coefficient (Wildman–Crippen LogP) is 1.27. The maximum Gasteiger partial charge on any atom is 0.0771 e. The van der Waals surface area contributed by atoms with Gasteiger partial charge in [0, 0.05) is 19.1 Å². The fourth-order valence-corrected chi connectivity index (χ4v) is 2.89. The molecule has 1 aliphatic carbocycles. The van der Waals surface area contributed by atoms with Gasteiger partial charge in [-0.05, 0) is 51.0 Å². The van der Waals surface area contributed by atoms with Crippen molar-refractivity contribution in [3.63, 3.8) is 0 Å². The Bertz CT molecular complexity index is 206. The molecule has 0 aromatic carbocycles. The summed E-state index contributed by atoms with van der Waals surface area (Å²) in [6.45, 7) is 5.24. The molecule has 1 atom stereocenters. The van der Waals surface area contributed by atoms with Crippen LogP contribution in [-0.4, -0.2) is 36.4 Å². The summed E-state index contributed by atoms with van der Waals surface area (Å²) in [5.74, 6) is 0.803. The van der Waals surface area contributed by atoms with E-state index in [4.69, 9.17) is 0 Å². The molecular weight excluding hydrogens is 200 g/mol. The Balaban J connectivity index is 1.64. The fourth-order valence-electron chi connectivity index (χ4n) is 2.89. The molecule has 0 aromatic heterocycles. The van der Waals surface area contributed by atoms with E-state index in [1.165, 1.54) is 25.7 Å². The maximum atomic E-state index is 10.4. The smallest absolute Gasteiger partial charge is 0.0771 e. The summed E-state index contributed by atoms with van der Waals surface area (Å²) in [5, 5.41) is 17.3. The lowest BCUT2D eigenvalue weighted by molar-refractivity contribution is -0.00620. The van der Waals surface area contributed by atoms with Crippen molar-refractivity contribution in [1.29, 1.82) is 0 Å². The standard InChI is InChI=1S/C13H26N2O/c1-11-4-6-13(16,7-5-11)10-14-9-12-3-2-8-15-12/h11-12,14-16H,2-10H2,1H3. The molecule has 0 aromatic rings. The van der Waals surface area contributed by atoms with Crippen LogP contribution in [0.3, 0.4) is 0 Å². The zero-order valence-corrected chi connectivity index (χ0v) is 10.5. The topological polar surface area (TPSA) is 44.3 Å². The van der Waals surface area contributed by atoms with E-state index in [0.29, 0.717) is 6.04 Å². The van der Waals surface area contributed by atoms with Gasteiger partial charge in [0.2, 0.25) is 0 Å². The second kappa shape index (κ2) is 5.48. The fraction of sp³-hybridized carbons (Fsp3) is 1.00. The molecule has 0 bridgehead atoms. The van der Waals surface area contributed by atoms with E-state index < -0.39 is 5.60 Å². The van der Waals surface area contributed by atoms with E-state index in [1.54, 1.807) is 0 Å². The Morgan fingerprint density at radius 2 is 2.06 bits per heavy atom. The van der Waals surface area contributed by atoms with Crippen LogP contribution in [0.4, 0.5) is 0 Å². The van der Waals surface area contributed by atoms with E-state index in [-0.39, 0.29) is 0 Å². The van der Waals surface area contributed by atoms with Crippen molar-refractivity contribution in [2.24, 2.45) is 5.92 Å². The van der Waals surface area contributed by atoms with Crippen molar-refractivity contribution in [3.8, 4) is 0 Å². The minimum atomic E-state index is -0.425. The lowest BCUT2D eigenvalue weighted by atomic mass is 9.79. The van der Waals surface area contributed by atoms with Crippen LogP contribution in [0.1, 0.15) is 45.4 Å². The van der Waals surface area contributed by atoms with Gasteiger partial charge in [0.25, 0.3) is 0 Å². The molecule has 2 rings (SSSR count). The van der Waals surface area contributed by atoms with Gasteiger partial charge in [0.05, 0.1) is 5.60 Å². The summed E-state index contributed by atoms with van der Waals surface area (Å²) in [5.41, 5.74) is -0.425. The van der Waals surface area contributed by atoms with Crippen LogP contribution >= 0.6 is 0 Å². The van der Waals surface area contributed by atoms with Crippen molar-refractivity contribution in [2.45, 2.75) is 57.1 Å². The molecule has 0 radical (unpaired) electrons. The Kier molecular flexibility index (Phi) is 4.22. The molecular formula is C13H26N2O. The van der Waals surface area contributed by atoms with Gasteiger partial charge in [-0.3, -0.25) is 0 Å². The van der Waals surface area contributed by atoms with Gasteiger partial charge in [0.15, 0.2) is 0 Å². The first-order chi connectivity index (χ1) is 7.68. The second-order valence-corrected chi connectivity index (χ2v) is 5.83. The summed E-state index contributed by atoms with van der Waals surface area (Å²) >= 11 is 0. The highest BCUT2D eigenvalue weighted by Crippen LogP contribution is 2.31. The largest absolute Gasteiger partial charge is 0.389 e. The van der Waals surface area contributed by atoms with Crippen LogP contribution in [0.2, 0.25) is 0 Å². The molecule has 0 amide bonds. The van der Waals surface area contributed by atoms with Gasteiger partial charge in [-0.25, -0.2) is 0 Å². The van der Waals surface area contributed by atoms with Crippen LogP contribution < -0.4 is 10.6 Å². The molecule has 16 heavy (non-hydrogen) atoms. The zero-order valence-electron chi connectivity index (χ0n) is 10.5. The Morgan fingerprint density at radius 1 is 1.31 bits per heavy atom. The Labute approximate surface area is 99.0 Å². The average molecular weight is 226 g/mol. The number of nitrogens with one attached hydrogen (secondary N) is 2. The van der Waals surface area contributed by atoms with Crippen molar-refractivity contribution in [2.75, 3.05) is 19.6 Å². The number of hydrogen-bond acceptors (Lipinski definition) is 3. The Hall–Kier alpha value is -0.120. The first-order valence-corrected chi connectivity index (χ1v) is 6.84.